The zero-order chi connectivity index (χ0) is 16.0. The molecule has 1 amide bonds. The first-order valence-corrected chi connectivity index (χ1v) is 8.09. The van der Waals surface area contributed by atoms with Crippen molar-refractivity contribution in [1.82, 2.24) is 5.32 Å². The molecule has 0 bridgehead atoms. The lowest BCUT2D eigenvalue weighted by molar-refractivity contribution is -0.0809. The van der Waals surface area contributed by atoms with Crippen molar-refractivity contribution in [3.8, 4) is 0 Å². The van der Waals surface area contributed by atoms with E-state index in [1.165, 1.54) is 0 Å². The van der Waals surface area contributed by atoms with Gasteiger partial charge in [-0.2, -0.15) is 0 Å². The van der Waals surface area contributed by atoms with Crippen molar-refractivity contribution >= 4 is 16.9 Å². The quantitative estimate of drug-likeness (QED) is 0.942. The maximum absolute atomic E-state index is 12.6. The minimum absolute atomic E-state index is 0.0396. The number of hydrogen-bond donors (Lipinski definition) is 1. The third-order valence-electron chi connectivity index (χ3n) is 5.09. The monoisotopic (exact) mass is 315 g/mol. The number of nitrogens with one attached hydrogen (secondary N) is 1. The number of furan rings is 1. The van der Waals surface area contributed by atoms with E-state index in [1.807, 2.05) is 31.2 Å². The van der Waals surface area contributed by atoms with Crippen molar-refractivity contribution in [3.63, 3.8) is 0 Å². The van der Waals surface area contributed by atoms with Crippen LogP contribution in [0.25, 0.3) is 11.0 Å². The maximum atomic E-state index is 12.6. The SMILES string of the molecule is COC[C@@H]1[C@H](NC(=O)c2ccc3oc(C)cc3c2)[C@@H]2CCO[C@H]12. The highest BCUT2D eigenvalue weighted by Crippen LogP contribution is 2.43. The van der Waals surface area contributed by atoms with Crippen LogP contribution in [0.15, 0.2) is 28.7 Å². The molecule has 1 saturated heterocycles. The van der Waals surface area contributed by atoms with Crippen molar-refractivity contribution in [2.45, 2.75) is 25.5 Å². The zero-order valence-corrected chi connectivity index (χ0v) is 13.4. The zero-order valence-electron chi connectivity index (χ0n) is 13.4. The molecule has 2 fully saturated rings. The molecule has 1 aromatic carbocycles. The first-order chi connectivity index (χ1) is 11.2. The first-order valence-electron chi connectivity index (χ1n) is 8.09. The van der Waals surface area contributed by atoms with Crippen molar-refractivity contribution in [1.29, 1.82) is 0 Å². The van der Waals surface area contributed by atoms with Crippen LogP contribution < -0.4 is 5.32 Å². The minimum Gasteiger partial charge on any atom is -0.461 e. The van der Waals surface area contributed by atoms with Gasteiger partial charge in [0.25, 0.3) is 5.91 Å². The molecular formula is C18H21NO4. The van der Waals surface area contributed by atoms with E-state index in [-0.39, 0.29) is 24.0 Å². The van der Waals surface area contributed by atoms with E-state index < -0.39 is 0 Å². The second-order valence-electron chi connectivity index (χ2n) is 6.52. The van der Waals surface area contributed by atoms with Crippen molar-refractivity contribution in [2.75, 3.05) is 20.3 Å². The summed E-state index contributed by atoms with van der Waals surface area (Å²) in [5, 5.41) is 4.14. The topological polar surface area (TPSA) is 60.7 Å². The predicted octanol–water partition coefficient (Wildman–Crippen LogP) is 2.52. The van der Waals surface area contributed by atoms with E-state index in [9.17, 15) is 4.79 Å². The van der Waals surface area contributed by atoms with Crippen LogP contribution in [0.1, 0.15) is 22.5 Å². The van der Waals surface area contributed by atoms with Gasteiger partial charge >= 0.3 is 0 Å². The fourth-order valence-electron chi connectivity index (χ4n) is 3.99. The van der Waals surface area contributed by atoms with Crippen LogP contribution in [0.3, 0.4) is 0 Å². The summed E-state index contributed by atoms with van der Waals surface area (Å²) in [7, 11) is 1.69. The highest BCUT2D eigenvalue weighted by atomic mass is 16.5. The number of hydrogen-bond acceptors (Lipinski definition) is 4. The fraction of sp³-hybridized carbons (Fsp3) is 0.500. The first kappa shape index (κ1) is 14.7. The highest BCUT2D eigenvalue weighted by molar-refractivity contribution is 5.98. The van der Waals surface area contributed by atoms with Gasteiger partial charge in [0.05, 0.1) is 12.7 Å². The maximum Gasteiger partial charge on any atom is 0.251 e. The number of aryl methyl sites for hydroxylation is 1. The Kier molecular flexibility index (Phi) is 3.62. The predicted molar refractivity (Wildman–Crippen MR) is 85.4 cm³/mol. The molecule has 2 aliphatic rings. The van der Waals surface area contributed by atoms with Crippen LogP contribution >= 0.6 is 0 Å². The van der Waals surface area contributed by atoms with Crippen molar-refractivity contribution < 1.29 is 18.7 Å². The number of carbonyl (C=O) groups excluding carboxylic acids is 1. The van der Waals surface area contributed by atoms with Crippen molar-refractivity contribution in [2.24, 2.45) is 11.8 Å². The Balaban J connectivity index is 1.51. The molecule has 0 unspecified atom stereocenters. The second kappa shape index (κ2) is 5.65. The molecule has 1 N–H and O–H groups in total. The molecule has 5 nitrogen and oxygen atoms in total. The molecule has 4 atom stereocenters. The summed E-state index contributed by atoms with van der Waals surface area (Å²) in [6, 6.07) is 7.63. The van der Waals surface area contributed by atoms with E-state index in [0.717, 1.165) is 29.8 Å². The molecule has 1 saturated carbocycles. The van der Waals surface area contributed by atoms with Gasteiger partial charge in [0, 0.05) is 42.5 Å². The molecule has 1 aliphatic heterocycles. The molecule has 0 spiro atoms. The molecule has 5 heteroatoms. The minimum atomic E-state index is -0.0396. The van der Waals surface area contributed by atoms with E-state index in [2.05, 4.69) is 5.32 Å². The van der Waals surface area contributed by atoms with Crippen molar-refractivity contribution in [3.05, 3.63) is 35.6 Å². The summed E-state index contributed by atoms with van der Waals surface area (Å²) in [5.74, 6) is 1.47. The average molecular weight is 315 g/mol. The lowest BCUT2D eigenvalue weighted by Crippen LogP contribution is -2.62. The summed E-state index contributed by atoms with van der Waals surface area (Å²) in [6.07, 6.45) is 1.25. The van der Waals surface area contributed by atoms with Gasteiger partial charge in [-0.3, -0.25) is 4.79 Å². The van der Waals surface area contributed by atoms with Gasteiger partial charge < -0.3 is 19.2 Å². The molecule has 4 rings (SSSR count). The Hall–Kier alpha value is -1.85. The largest absolute Gasteiger partial charge is 0.461 e. The van der Waals surface area contributed by atoms with Crippen LogP contribution in [0.4, 0.5) is 0 Å². The Morgan fingerprint density at radius 2 is 2.26 bits per heavy atom. The van der Waals surface area contributed by atoms with Gasteiger partial charge in [-0.15, -0.1) is 0 Å². The second-order valence-corrected chi connectivity index (χ2v) is 6.52. The third kappa shape index (κ3) is 2.44. The summed E-state index contributed by atoms with van der Waals surface area (Å²) in [4.78, 5) is 12.6. The normalized spacial score (nSPS) is 29.3. The van der Waals surface area contributed by atoms with E-state index >= 15 is 0 Å². The molecule has 1 aliphatic carbocycles. The Morgan fingerprint density at radius 3 is 3.09 bits per heavy atom. The van der Waals surface area contributed by atoms with E-state index in [4.69, 9.17) is 13.9 Å². The van der Waals surface area contributed by atoms with Gasteiger partial charge in [0.2, 0.25) is 0 Å². The number of carbonyl (C=O) groups is 1. The summed E-state index contributed by atoms with van der Waals surface area (Å²) in [6.45, 7) is 3.30. The number of benzene rings is 1. The standard InChI is InChI=1S/C18H21NO4/c1-10-7-12-8-11(3-4-15(12)23-10)18(20)19-16-13-5-6-22-17(13)14(16)9-21-2/h3-4,7-8,13-14,16-17H,5-6,9H2,1-2H3,(H,19,20)/t13-,14+,16+,17-/m0/s1. The average Bonchev–Trinajstić information content (AvgIpc) is 3.12. The number of fused-ring (bicyclic) bond motifs is 2. The van der Waals surface area contributed by atoms with Gasteiger partial charge in [0.15, 0.2) is 0 Å². The number of amides is 1. The third-order valence-corrected chi connectivity index (χ3v) is 5.09. The van der Waals surface area contributed by atoms with Crippen LogP contribution in [0, 0.1) is 18.8 Å². The number of ether oxygens (including phenoxy) is 2. The molecule has 23 heavy (non-hydrogen) atoms. The molecular weight excluding hydrogens is 294 g/mol. The lowest BCUT2D eigenvalue weighted by Gasteiger charge is -2.47. The molecule has 2 aromatic rings. The Labute approximate surface area is 134 Å². The number of rotatable bonds is 4. The molecule has 0 radical (unpaired) electrons. The van der Waals surface area contributed by atoms with Crippen LogP contribution in [-0.4, -0.2) is 38.4 Å². The summed E-state index contributed by atoms with van der Waals surface area (Å²) in [5.41, 5.74) is 1.47. The summed E-state index contributed by atoms with van der Waals surface area (Å²) < 4.78 is 16.6. The van der Waals surface area contributed by atoms with Crippen LogP contribution in [-0.2, 0) is 9.47 Å². The highest BCUT2D eigenvalue weighted by Gasteiger charge is 2.54. The Bertz CT molecular complexity index is 738. The number of methoxy groups -OCH3 is 1. The molecule has 2 heterocycles. The van der Waals surface area contributed by atoms with E-state index in [1.54, 1.807) is 7.11 Å². The molecule has 122 valence electrons. The van der Waals surface area contributed by atoms with Gasteiger partial charge in [0.1, 0.15) is 11.3 Å². The van der Waals surface area contributed by atoms with Crippen LogP contribution in [0.5, 0.6) is 0 Å². The smallest absolute Gasteiger partial charge is 0.251 e. The Morgan fingerprint density at radius 1 is 1.39 bits per heavy atom. The van der Waals surface area contributed by atoms with E-state index in [0.29, 0.717) is 18.1 Å². The van der Waals surface area contributed by atoms with Gasteiger partial charge in [-0.05, 0) is 37.6 Å². The summed E-state index contributed by atoms with van der Waals surface area (Å²) >= 11 is 0. The van der Waals surface area contributed by atoms with Gasteiger partial charge in [-0.1, -0.05) is 0 Å². The van der Waals surface area contributed by atoms with Crippen LogP contribution in [0.2, 0.25) is 0 Å². The molecule has 1 aromatic heterocycles. The fourth-order valence-corrected chi connectivity index (χ4v) is 3.99. The lowest BCUT2D eigenvalue weighted by atomic mass is 9.67. The van der Waals surface area contributed by atoms with Gasteiger partial charge in [-0.25, -0.2) is 0 Å².